The maximum atomic E-state index is 12.9. The lowest BCUT2D eigenvalue weighted by Gasteiger charge is -2.07. The lowest BCUT2D eigenvalue weighted by Crippen LogP contribution is -1.97. The summed E-state index contributed by atoms with van der Waals surface area (Å²) in [5, 5.41) is 0. The number of carbonyl (C=O) groups is 1. The number of aryl methyl sites for hydroxylation is 1. The van der Waals surface area contributed by atoms with Crippen LogP contribution in [0.4, 0.5) is 4.39 Å². The highest BCUT2D eigenvalue weighted by Crippen LogP contribution is 2.15. The third kappa shape index (κ3) is 7.66. The molecule has 3 rings (SSSR count). The fraction of sp³-hybridized carbons (Fsp3) is 0.207. The van der Waals surface area contributed by atoms with Gasteiger partial charge >= 0.3 is 0 Å². The zero-order valence-electron chi connectivity index (χ0n) is 18.3. The molecule has 2 nitrogen and oxygen atoms in total. The van der Waals surface area contributed by atoms with E-state index in [0.29, 0.717) is 12.2 Å². The molecular formula is C29H29FO2. The predicted molar refractivity (Wildman–Crippen MR) is 130 cm³/mol. The summed E-state index contributed by atoms with van der Waals surface area (Å²) in [6.07, 6.45) is 10.8. The quantitative estimate of drug-likeness (QED) is 0.169. The van der Waals surface area contributed by atoms with E-state index in [0.717, 1.165) is 36.1 Å². The molecule has 0 saturated heterocycles. The van der Waals surface area contributed by atoms with Crippen LogP contribution in [0.15, 0.2) is 85.5 Å². The van der Waals surface area contributed by atoms with Crippen LogP contribution in [0.3, 0.4) is 0 Å². The number of unbranched alkanes of at least 4 members (excludes halogenated alkanes) is 3. The van der Waals surface area contributed by atoms with Gasteiger partial charge in [-0.1, -0.05) is 68.0 Å². The van der Waals surface area contributed by atoms with Gasteiger partial charge in [-0.05, 0) is 78.4 Å². The second kappa shape index (κ2) is 12.4. The molecule has 0 aliphatic heterocycles. The first-order chi connectivity index (χ1) is 15.6. The highest BCUT2D eigenvalue weighted by molar-refractivity contribution is 6.06. The molecular weight excluding hydrogens is 399 g/mol. The molecule has 0 spiro atoms. The van der Waals surface area contributed by atoms with Crippen LogP contribution in [0.5, 0.6) is 5.75 Å². The molecule has 0 atom stereocenters. The number of rotatable bonds is 12. The Morgan fingerprint density at radius 2 is 1.47 bits per heavy atom. The van der Waals surface area contributed by atoms with Crippen molar-refractivity contribution in [2.75, 3.05) is 6.61 Å². The smallest absolute Gasteiger partial charge is 0.185 e. The molecule has 3 heteroatoms. The standard InChI is InChI=1S/C29H29FO2/c1-2-23-8-10-24(11-9-23)7-5-3-4-6-22-32-28-19-12-25(13-20-28)14-21-29(31)26-15-17-27(30)18-16-26/h2,8-21H,1,3-7,22H2/b21-14+. The molecule has 0 radical (unpaired) electrons. The lowest BCUT2D eigenvalue weighted by atomic mass is 10.0. The van der Waals surface area contributed by atoms with Gasteiger partial charge < -0.3 is 4.74 Å². The molecule has 164 valence electrons. The summed E-state index contributed by atoms with van der Waals surface area (Å²) in [6.45, 7) is 4.48. The number of hydrogen-bond donors (Lipinski definition) is 0. The van der Waals surface area contributed by atoms with Crippen molar-refractivity contribution in [3.8, 4) is 5.75 Å². The highest BCUT2D eigenvalue weighted by atomic mass is 19.1. The molecule has 0 saturated carbocycles. The zero-order chi connectivity index (χ0) is 22.6. The Hall–Kier alpha value is -3.46. The van der Waals surface area contributed by atoms with Crippen molar-refractivity contribution >= 4 is 17.9 Å². The van der Waals surface area contributed by atoms with Gasteiger partial charge in [0.15, 0.2) is 5.78 Å². The number of allylic oxidation sites excluding steroid dienone is 1. The van der Waals surface area contributed by atoms with E-state index in [2.05, 4.69) is 30.8 Å². The topological polar surface area (TPSA) is 26.3 Å². The van der Waals surface area contributed by atoms with E-state index in [1.54, 1.807) is 6.08 Å². The SMILES string of the molecule is C=Cc1ccc(CCCCCCOc2ccc(/C=C/C(=O)c3ccc(F)cc3)cc2)cc1. The molecule has 0 heterocycles. The molecule has 0 N–H and O–H groups in total. The molecule has 0 aliphatic carbocycles. The van der Waals surface area contributed by atoms with E-state index < -0.39 is 0 Å². The molecule has 32 heavy (non-hydrogen) atoms. The average Bonchev–Trinajstić information content (AvgIpc) is 2.83. The monoisotopic (exact) mass is 428 g/mol. The summed E-state index contributed by atoms with van der Waals surface area (Å²) in [7, 11) is 0. The Bertz CT molecular complexity index is 1020. The van der Waals surface area contributed by atoms with Gasteiger partial charge in [0.2, 0.25) is 0 Å². The fourth-order valence-corrected chi connectivity index (χ4v) is 3.35. The summed E-state index contributed by atoms with van der Waals surface area (Å²) in [4.78, 5) is 12.1. The van der Waals surface area contributed by atoms with Crippen molar-refractivity contribution < 1.29 is 13.9 Å². The Kier molecular flexibility index (Phi) is 9.00. The fourth-order valence-electron chi connectivity index (χ4n) is 3.35. The van der Waals surface area contributed by atoms with Gasteiger partial charge in [-0.2, -0.15) is 0 Å². The van der Waals surface area contributed by atoms with E-state index >= 15 is 0 Å². The molecule has 0 bridgehead atoms. The van der Waals surface area contributed by atoms with Crippen molar-refractivity contribution in [3.63, 3.8) is 0 Å². The van der Waals surface area contributed by atoms with Gasteiger partial charge in [-0.25, -0.2) is 4.39 Å². The number of hydrogen-bond acceptors (Lipinski definition) is 2. The van der Waals surface area contributed by atoms with Gasteiger partial charge in [-0.3, -0.25) is 4.79 Å². The number of ether oxygens (including phenoxy) is 1. The maximum absolute atomic E-state index is 12.9. The summed E-state index contributed by atoms with van der Waals surface area (Å²) in [6, 6.07) is 21.8. The average molecular weight is 429 g/mol. The van der Waals surface area contributed by atoms with E-state index in [9.17, 15) is 9.18 Å². The van der Waals surface area contributed by atoms with Crippen LogP contribution in [0.1, 0.15) is 52.7 Å². The van der Waals surface area contributed by atoms with E-state index in [1.165, 1.54) is 48.7 Å². The first kappa shape index (κ1) is 23.2. The van der Waals surface area contributed by atoms with Gasteiger partial charge in [0.05, 0.1) is 6.61 Å². The van der Waals surface area contributed by atoms with Crippen LogP contribution >= 0.6 is 0 Å². The Morgan fingerprint density at radius 1 is 0.812 bits per heavy atom. The minimum Gasteiger partial charge on any atom is -0.494 e. The normalized spacial score (nSPS) is 10.9. The Labute approximate surface area is 190 Å². The third-order valence-electron chi connectivity index (χ3n) is 5.28. The second-order valence-electron chi connectivity index (χ2n) is 7.73. The second-order valence-corrected chi connectivity index (χ2v) is 7.73. The van der Waals surface area contributed by atoms with Crippen molar-refractivity contribution in [2.45, 2.75) is 32.1 Å². The summed E-state index contributed by atoms with van der Waals surface area (Å²) < 4.78 is 18.8. The van der Waals surface area contributed by atoms with Crippen molar-refractivity contribution in [3.05, 3.63) is 114 Å². The predicted octanol–water partition coefficient (Wildman–Crippen LogP) is 7.55. The van der Waals surface area contributed by atoms with Gasteiger partial charge in [0.25, 0.3) is 0 Å². The first-order valence-corrected chi connectivity index (χ1v) is 11.1. The van der Waals surface area contributed by atoms with Crippen LogP contribution in [0, 0.1) is 5.82 Å². The Morgan fingerprint density at radius 3 is 2.16 bits per heavy atom. The Balaban J connectivity index is 1.31. The minimum absolute atomic E-state index is 0.154. The number of carbonyl (C=O) groups excluding carboxylic acids is 1. The van der Waals surface area contributed by atoms with Crippen molar-refractivity contribution in [1.29, 1.82) is 0 Å². The molecule has 0 unspecified atom stereocenters. The largest absolute Gasteiger partial charge is 0.494 e. The number of halogens is 1. The van der Waals surface area contributed by atoms with Crippen LogP contribution in [-0.2, 0) is 6.42 Å². The van der Waals surface area contributed by atoms with Crippen LogP contribution in [0.2, 0.25) is 0 Å². The van der Waals surface area contributed by atoms with Gasteiger partial charge in [0, 0.05) is 5.56 Å². The van der Waals surface area contributed by atoms with Crippen molar-refractivity contribution in [1.82, 2.24) is 0 Å². The van der Waals surface area contributed by atoms with Gasteiger partial charge in [0.1, 0.15) is 11.6 Å². The number of benzene rings is 3. The summed E-state index contributed by atoms with van der Waals surface area (Å²) >= 11 is 0. The minimum atomic E-state index is -0.351. The maximum Gasteiger partial charge on any atom is 0.185 e. The first-order valence-electron chi connectivity index (χ1n) is 11.1. The molecule has 0 aromatic heterocycles. The van der Waals surface area contributed by atoms with Crippen LogP contribution in [0.25, 0.3) is 12.2 Å². The van der Waals surface area contributed by atoms with Crippen molar-refractivity contribution in [2.24, 2.45) is 0 Å². The van der Waals surface area contributed by atoms with Crippen LogP contribution < -0.4 is 4.74 Å². The van der Waals surface area contributed by atoms with Crippen LogP contribution in [-0.4, -0.2) is 12.4 Å². The third-order valence-corrected chi connectivity index (χ3v) is 5.28. The number of ketones is 1. The molecule has 0 amide bonds. The zero-order valence-corrected chi connectivity index (χ0v) is 18.3. The molecule has 0 fully saturated rings. The summed E-state index contributed by atoms with van der Waals surface area (Å²) in [5.74, 6) is 0.323. The van der Waals surface area contributed by atoms with E-state index in [-0.39, 0.29) is 11.6 Å². The highest BCUT2D eigenvalue weighted by Gasteiger charge is 2.02. The molecule has 3 aromatic rings. The lowest BCUT2D eigenvalue weighted by molar-refractivity contribution is 0.104. The molecule has 0 aliphatic rings. The van der Waals surface area contributed by atoms with Gasteiger partial charge in [-0.15, -0.1) is 0 Å². The molecule has 3 aromatic carbocycles. The van der Waals surface area contributed by atoms with E-state index in [1.807, 2.05) is 30.3 Å². The summed E-state index contributed by atoms with van der Waals surface area (Å²) in [5.41, 5.74) is 3.91. The van der Waals surface area contributed by atoms with E-state index in [4.69, 9.17) is 4.74 Å².